The van der Waals surface area contributed by atoms with Crippen LogP contribution in [0.25, 0.3) is 0 Å². The topological polar surface area (TPSA) is 66.4 Å². The van der Waals surface area contributed by atoms with Crippen molar-refractivity contribution in [1.29, 1.82) is 0 Å². The summed E-state index contributed by atoms with van der Waals surface area (Å²) in [6, 6.07) is 5.62. The zero-order chi connectivity index (χ0) is 16.0. The molecule has 1 atom stereocenters. The summed E-state index contributed by atoms with van der Waals surface area (Å²) < 4.78 is 13.2. The number of hydrogen-bond donors (Lipinski definition) is 2. The van der Waals surface area contributed by atoms with Crippen molar-refractivity contribution in [1.82, 2.24) is 5.32 Å². The lowest BCUT2D eigenvalue weighted by Gasteiger charge is -2.26. The van der Waals surface area contributed by atoms with Crippen LogP contribution < -0.4 is 5.32 Å². The summed E-state index contributed by atoms with van der Waals surface area (Å²) in [6.45, 7) is 5.27. The number of nitrogens with one attached hydrogen (secondary N) is 1. The number of carbonyl (C=O) groups excluding carboxylic acids is 1. The fourth-order valence-electron chi connectivity index (χ4n) is 2.34. The van der Waals surface area contributed by atoms with Crippen molar-refractivity contribution in [3.8, 4) is 0 Å². The van der Waals surface area contributed by atoms with E-state index in [1.165, 1.54) is 12.1 Å². The van der Waals surface area contributed by atoms with Gasteiger partial charge in [-0.2, -0.15) is 0 Å². The van der Waals surface area contributed by atoms with Crippen LogP contribution in [0.3, 0.4) is 0 Å². The molecule has 0 aliphatic rings. The molecule has 0 spiro atoms. The summed E-state index contributed by atoms with van der Waals surface area (Å²) in [4.78, 5) is 23.5. The third-order valence-electron chi connectivity index (χ3n) is 4.03. The molecule has 0 aliphatic carbocycles. The molecule has 4 nitrogen and oxygen atoms in total. The Balaban J connectivity index is 2.75. The van der Waals surface area contributed by atoms with Crippen LogP contribution in [-0.4, -0.2) is 17.0 Å². The maximum atomic E-state index is 13.2. The van der Waals surface area contributed by atoms with Crippen LogP contribution in [0.5, 0.6) is 0 Å². The fraction of sp³-hybridized carbons (Fsp3) is 0.500. The van der Waals surface area contributed by atoms with E-state index in [2.05, 4.69) is 5.32 Å². The number of halogens is 1. The first kappa shape index (κ1) is 17.1. The summed E-state index contributed by atoms with van der Waals surface area (Å²) in [5.74, 6) is -1.66. The van der Waals surface area contributed by atoms with Gasteiger partial charge in [-0.1, -0.05) is 26.0 Å². The third kappa shape index (κ3) is 4.28. The molecule has 1 unspecified atom stereocenters. The SMILES string of the molecule is CCC(CC)(CC(=O)NC(C)c1cccc(F)c1)C(=O)O. The quantitative estimate of drug-likeness (QED) is 0.811. The van der Waals surface area contributed by atoms with E-state index >= 15 is 0 Å². The van der Waals surface area contributed by atoms with E-state index in [4.69, 9.17) is 0 Å². The second-order valence-electron chi connectivity index (χ2n) is 5.31. The lowest BCUT2D eigenvalue weighted by molar-refractivity contribution is -0.152. The van der Waals surface area contributed by atoms with Gasteiger partial charge < -0.3 is 10.4 Å². The molecule has 1 aromatic rings. The average molecular weight is 295 g/mol. The Labute approximate surface area is 124 Å². The van der Waals surface area contributed by atoms with E-state index in [1.54, 1.807) is 32.9 Å². The van der Waals surface area contributed by atoms with Crippen molar-refractivity contribution in [2.75, 3.05) is 0 Å². The summed E-state index contributed by atoms with van der Waals surface area (Å²) in [5.41, 5.74) is -0.386. The van der Waals surface area contributed by atoms with E-state index in [9.17, 15) is 19.1 Å². The normalized spacial score (nSPS) is 12.8. The van der Waals surface area contributed by atoms with Gasteiger partial charge in [0.05, 0.1) is 11.5 Å². The Morgan fingerprint density at radius 1 is 1.33 bits per heavy atom. The van der Waals surface area contributed by atoms with Crippen molar-refractivity contribution < 1.29 is 19.1 Å². The number of rotatable bonds is 7. The van der Waals surface area contributed by atoms with Gasteiger partial charge in [-0.3, -0.25) is 9.59 Å². The first-order chi connectivity index (χ1) is 9.84. The smallest absolute Gasteiger partial charge is 0.310 e. The zero-order valence-electron chi connectivity index (χ0n) is 12.6. The van der Waals surface area contributed by atoms with E-state index in [0.717, 1.165) is 0 Å². The number of amides is 1. The van der Waals surface area contributed by atoms with Crippen molar-refractivity contribution >= 4 is 11.9 Å². The Kier molecular flexibility index (Phi) is 5.88. The number of carboxylic acids is 1. The summed E-state index contributed by atoms with van der Waals surface area (Å²) in [6.07, 6.45) is 0.705. The van der Waals surface area contributed by atoms with Gasteiger partial charge in [-0.05, 0) is 37.5 Å². The van der Waals surface area contributed by atoms with Gasteiger partial charge in [0.15, 0.2) is 0 Å². The molecule has 2 N–H and O–H groups in total. The second kappa shape index (κ2) is 7.20. The molecule has 0 radical (unpaired) electrons. The number of hydrogen-bond acceptors (Lipinski definition) is 2. The first-order valence-electron chi connectivity index (χ1n) is 7.13. The third-order valence-corrected chi connectivity index (χ3v) is 4.03. The van der Waals surface area contributed by atoms with Crippen LogP contribution in [0, 0.1) is 11.2 Å². The number of carbonyl (C=O) groups is 2. The van der Waals surface area contributed by atoms with E-state index in [1.807, 2.05) is 0 Å². The molecule has 0 saturated heterocycles. The molecule has 0 bridgehead atoms. The highest BCUT2D eigenvalue weighted by atomic mass is 19.1. The molecule has 0 saturated carbocycles. The number of aliphatic carboxylic acids is 1. The van der Waals surface area contributed by atoms with Gasteiger partial charge in [-0.25, -0.2) is 4.39 Å². The molecule has 1 amide bonds. The minimum atomic E-state index is -1.04. The molecular weight excluding hydrogens is 273 g/mol. The highest BCUT2D eigenvalue weighted by Gasteiger charge is 2.37. The molecule has 0 heterocycles. The Hall–Kier alpha value is -1.91. The maximum absolute atomic E-state index is 13.2. The molecule has 21 heavy (non-hydrogen) atoms. The number of benzene rings is 1. The highest BCUT2D eigenvalue weighted by Crippen LogP contribution is 2.31. The van der Waals surface area contributed by atoms with Gasteiger partial charge in [0, 0.05) is 6.42 Å². The van der Waals surface area contributed by atoms with Gasteiger partial charge in [0.25, 0.3) is 0 Å². The summed E-state index contributed by atoms with van der Waals surface area (Å²) in [7, 11) is 0. The van der Waals surface area contributed by atoms with Crippen LogP contribution >= 0.6 is 0 Å². The fourth-order valence-corrected chi connectivity index (χ4v) is 2.34. The Morgan fingerprint density at radius 2 is 1.95 bits per heavy atom. The van der Waals surface area contributed by atoms with Crippen molar-refractivity contribution in [3.05, 3.63) is 35.6 Å². The van der Waals surface area contributed by atoms with Gasteiger partial charge in [0.2, 0.25) is 5.91 Å². The predicted octanol–water partition coefficient (Wildman–Crippen LogP) is 3.28. The highest BCUT2D eigenvalue weighted by molar-refractivity contribution is 5.85. The molecule has 5 heteroatoms. The lowest BCUT2D eigenvalue weighted by Crippen LogP contribution is -2.37. The average Bonchev–Trinajstić information content (AvgIpc) is 2.44. The van der Waals surface area contributed by atoms with Crippen molar-refractivity contribution in [2.45, 2.75) is 46.1 Å². The lowest BCUT2D eigenvalue weighted by atomic mass is 9.79. The van der Waals surface area contributed by atoms with Crippen molar-refractivity contribution in [3.63, 3.8) is 0 Å². The number of carboxylic acid groups (broad SMARTS) is 1. The largest absolute Gasteiger partial charge is 0.481 e. The van der Waals surface area contributed by atoms with Crippen LogP contribution in [0.1, 0.15) is 51.6 Å². The molecule has 116 valence electrons. The molecule has 1 rings (SSSR count). The van der Waals surface area contributed by atoms with Crippen LogP contribution in [0.15, 0.2) is 24.3 Å². The van der Waals surface area contributed by atoms with Gasteiger partial charge in [0.1, 0.15) is 5.82 Å². The minimum Gasteiger partial charge on any atom is -0.481 e. The predicted molar refractivity (Wildman–Crippen MR) is 78.2 cm³/mol. The van der Waals surface area contributed by atoms with Crippen LogP contribution in [0.4, 0.5) is 4.39 Å². The van der Waals surface area contributed by atoms with Gasteiger partial charge >= 0.3 is 5.97 Å². The monoisotopic (exact) mass is 295 g/mol. The van der Waals surface area contributed by atoms with E-state index in [0.29, 0.717) is 18.4 Å². The second-order valence-corrected chi connectivity index (χ2v) is 5.31. The zero-order valence-corrected chi connectivity index (χ0v) is 12.6. The maximum Gasteiger partial charge on any atom is 0.310 e. The van der Waals surface area contributed by atoms with Crippen molar-refractivity contribution in [2.24, 2.45) is 5.41 Å². The molecule has 0 aromatic heterocycles. The standard InChI is InChI=1S/C16H22FNO3/c1-4-16(5-2,15(20)21)10-14(19)18-11(3)12-7-6-8-13(17)9-12/h6-9,11H,4-5,10H2,1-3H3,(H,18,19)(H,20,21). The van der Waals surface area contributed by atoms with Crippen LogP contribution in [0.2, 0.25) is 0 Å². The van der Waals surface area contributed by atoms with Gasteiger partial charge in [-0.15, -0.1) is 0 Å². The molecule has 0 aliphatic heterocycles. The van der Waals surface area contributed by atoms with E-state index < -0.39 is 11.4 Å². The minimum absolute atomic E-state index is 0.0744. The summed E-state index contributed by atoms with van der Waals surface area (Å²) in [5, 5.41) is 12.1. The molecular formula is C16H22FNO3. The van der Waals surface area contributed by atoms with E-state index in [-0.39, 0.29) is 24.2 Å². The Bertz CT molecular complexity index is 512. The molecule has 1 aromatic carbocycles. The summed E-state index contributed by atoms with van der Waals surface area (Å²) >= 11 is 0. The Morgan fingerprint density at radius 3 is 2.43 bits per heavy atom. The molecule has 0 fully saturated rings. The first-order valence-corrected chi connectivity index (χ1v) is 7.13. The van der Waals surface area contributed by atoms with Crippen LogP contribution in [-0.2, 0) is 9.59 Å².